The third-order valence-corrected chi connectivity index (χ3v) is 4.42. The lowest BCUT2D eigenvalue weighted by atomic mass is 10.2. The molecule has 0 radical (unpaired) electrons. The van der Waals surface area contributed by atoms with Crippen LogP contribution in [0.25, 0.3) is 20.8 Å². The molecule has 2 aromatic carbocycles. The lowest BCUT2D eigenvalue weighted by molar-refractivity contribution is -0.384. The number of thiazole rings is 1. The summed E-state index contributed by atoms with van der Waals surface area (Å²) in [5.74, 6) is 0.745. The monoisotopic (exact) mass is 320 g/mol. The van der Waals surface area contributed by atoms with Gasteiger partial charge in [-0.1, -0.05) is 17.7 Å². The van der Waals surface area contributed by atoms with Crippen molar-refractivity contribution in [1.29, 1.82) is 0 Å². The molecule has 0 N–H and O–H groups in total. The Bertz CT molecular complexity index is 847. The van der Waals surface area contributed by atoms with Crippen molar-refractivity contribution in [2.75, 3.05) is 7.11 Å². The van der Waals surface area contributed by atoms with Crippen molar-refractivity contribution in [3.63, 3.8) is 0 Å². The molecule has 0 saturated carbocycles. The van der Waals surface area contributed by atoms with E-state index in [1.807, 2.05) is 18.2 Å². The molecule has 0 spiro atoms. The Balaban J connectivity index is 2.14. The first kappa shape index (κ1) is 13.8. The van der Waals surface area contributed by atoms with Gasteiger partial charge in [0, 0.05) is 17.7 Å². The van der Waals surface area contributed by atoms with E-state index < -0.39 is 4.92 Å². The van der Waals surface area contributed by atoms with Crippen LogP contribution in [0.4, 0.5) is 5.69 Å². The molecule has 106 valence electrons. The fourth-order valence-electron chi connectivity index (χ4n) is 1.99. The lowest BCUT2D eigenvalue weighted by Crippen LogP contribution is -1.88. The molecule has 3 rings (SSSR count). The molecule has 0 bridgehead atoms. The third-order valence-electron chi connectivity index (χ3n) is 2.99. The predicted octanol–water partition coefficient (Wildman–Crippen LogP) is 4.53. The summed E-state index contributed by atoms with van der Waals surface area (Å²) in [6.45, 7) is 0. The van der Waals surface area contributed by atoms with Crippen LogP contribution < -0.4 is 4.74 Å². The number of halogens is 1. The lowest BCUT2D eigenvalue weighted by Gasteiger charge is -1.99. The van der Waals surface area contributed by atoms with Crippen LogP contribution in [0.15, 0.2) is 36.4 Å². The quantitative estimate of drug-likeness (QED) is 0.525. The average Bonchev–Trinajstić information content (AvgIpc) is 2.90. The van der Waals surface area contributed by atoms with Crippen molar-refractivity contribution >= 4 is 38.8 Å². The second-order valence-electron chi connectivity index (χ2n) is 4.25. The van der Waals surface area contributed by atoms with E-state index in [0.717, 1.165) is 16.0 Å². The van der Waals surface area contributed by atoms with Crippen molar-refractivity contribution in [3.05, 3.63) is 51.5 Å². The van der Waals surface area contributed by atoms with Crippen LogP contribution in [0.2, 0.25) is 5.02 Å². The summed E-state index contributed by atoms with van der Waals surface area (Å²) in [6.07, 6.45) is 0. The van der Waals surface area contributed by atoms with Crippen molar-refractivity contribution < 1.29 is 9.66 Å². The van der Waals surface area contributed by atoms with Gasteiger partial charge in [0.15, 0.2) is 0 Å². The molecule has 0 amide bonds. The van der Waals surface area contributed by atoms with E-state index in [0.29, 0.717) is 15.6 Å². The van der Waals surface area contributed by atoms with Gasteiger partial charge in [-0.15, -0.1) is 11.3 Å². The first-order valence-corrected chi connectivity index (χ1v) is 7.17. The summed E-state index contributed by atoms with van der Waals surface area (Å²) in [7, 11) is 1.60. The fourth-order valence-corrected chi connectivity index (χ4v) is 3.41. The van der Waals surface area contributed by atoms with Gasteiger partial charge in [0.25, 0.3) is 5.69 Å². The van der Waals surface area contributed by atoms with Crippen LogP contribution in [0, 0.1) is 10.1 Å². The Hall–Kier alpha value is -2.18. The Labute approximate surface area is 128 Å². The van der Waals surface area contributed by atoms with Gasteiger partial charge in [0.2, 0.25) is 0 Å². The van der Waals surface area contributed by atoms with Crippen molar-refractivity contribution in [2.45, 2.75) is 0 Å². The summed E-state index contributed by atoms with van der Waals surface area (Å²) >= 11 is 7.58. The number of methoxy groups -OCH3 is 1. The number of non-ortho nitro benzene ring substituents is 1. The number of nitrogens with zero attached hydrogens (tertiary/aromatic N) is 2. The highest BCUT2D eigenvalue weighted by atomic mass is 35.5. The Morgan fingerprint density at radius 1 is 1.33 bits per heavy atom. The predicted molar refractivity (Wildman–Crippen MR) is 83.3 cm³/mol. The molecule has 0 aliphatic rings. The Kier molecular flexibility index (Phi) is 3.48. The number of hydrogen-bond donors (Lipinski definition) is 0. The number of nitro benzene ring substituents is 1. The molecule has 7 heteroatoms. The van der Waals surface area contributed by atoms with Crippen LogP contribution >= 0.6 is 22.9 Å². The maximum atomic E-state index is 10.7. The highest BCUT2D eigenvalue weighted by molar-refractivity contribution is 7.22. The summed E-state index contributed by atoms with van der Waals surface area (Å²) < 4.78 is 6.23. The summed E-state index contributed by atoms with van der Waals surface area (Å²) in [5.41, 5.74) is 1.44. The summed E-state index contributed by atoms with van der Waals surface area (Å²) in [6, 6.07) is 9.98. The molecule has 0 saturated heterocycles. The van der Waals surface area contributed by atoms with Crippen LogP contribution in [0.5, 0.6) is 5.75 Å². The van der Waals surface area contributed by atoms with Gasteiger partial charge in [0.05, 0.1) is 27.3 Å². The molecular weight excluding hydrogens is 312 g/mol. The van der Waals surface area contributed by atoms with Gasteiger partial charge in [-0.3, -0.25) is 10.1 Å². The topological polar surface area (TPSA) is 65.3 Å². The van der Waals surface area contributed by atoms with Gasteiger partial charge < -0.3 is 4.74 Å². The van der Waals surface area contributed by atoms with E-state index in [9.17, 15) is 10.1 Å². The second-order valence-corrected chi connectivity index (χ2v) is 5.66. The first-order chi connectivity index (χ1) is 10.1. The molecule has 3 aromatic rings. The van der Waals surface area contributed by atoms with Crippen LogP contribution in [0.3, 0.4) is 0 Å². The van der Waals surface area contributed by atoms with Crippen molar-refractivity contribution in [3.8, 4) is 16.3 Å². The van der Waals surface area contributed by atoms with E-state index in [2.05, 4.69) is 4.98 Å². The zero-order valence-corrected chi connectivity index (χ0v) is 12.4. The minimum Gasteiger partial charge on any atom is -0.495 e. The Morgan fingerprint density at radius 3 is 2.81 bits per heavy atom. The van der Waals surface area contributed by atoms with Crippen LogP contribution in [-0.2, 0) is 0 Å². The molecule has 0 aliphatic heterocycles. The van der Waals surface area contributed by atoms with Crippen molar-refractivity contribution in [2.24, 2.45) is 0 Å². The first-order valence-electron chi connectivity index (χ1n) is 5.98. The molecule has 1 heterocycles. The highest BCUT2D eigenvalue weighted by Crippen LogP contribution is 2.39. The van der Waals surface area contributed by atoms with Gasteiger partial charge in [-0.05, 0) is 18.2 Å². The fraction of sp³-hybridized carbons (Fsp3) is 0.0714. The number of ether oxygens (including phenoxy) is 1. The van der Waals surface area contributed by atoms with E-state index in [-0.39, 0.29) is 5.69 Å². The zero-order chi connectivity index (χ0) is 15.0. The summed E-state index contributed by atoms with van der Waals surface area (Å²) in [4.78, 5) is 14.8. The van der Waals surface area contributed by atoms with Gasteiger partial charge in [-0.25, -0.2) is 4.98 Å². The van der Waals surface area contributed by atoms with E-state index in [4.69, 9.17) is 16.3 Å². The smallest absolute Gasteiger partial charge is 0.270 e. The molecule has 1 aromatic heterocycles. The van der Waals surface area contributed by atoms with Gasteiger partial charge in [-0.2, -0.15) is 0 Å². The molecule has 0 aliphatic carbocycles. The molecular formula is C14H9ClN2O3S. The number of fused-ring (bicyclic) bond motifs is 1. The van der Waals surface area contributed by atoms with Crippen molar-refractivity contribution in [1.82, 2.24) is 4.98 Å². The summed E-state index contributed by atoms with van der Waals surface area (Å²) in [5, 5.41) is 11.8. The largest absolute Gasteiger partial charge is 0.495 e. The normalized spacial score (nSPS) is 10.8. The molecule has 21 heavy (non-hydrogen) atoms. The second kappa shape index (κ2) is 5.31. The SMILES string of the molecule is COc1cccc2nc(-c3ccc([N+](=O)[O-])cc3Cl)sc12. The van der Waals surface area contributed by atoms with Gasteiger partial charge >= 0.3 is 0 Å². The molecule has 5 nitrogen and oxygen atoms in total. The van der Waals surface area contributed by atoms with Crippen LogP contribution in [0.1, 0.15) is 0 Å². The number of nitro groups is 1. The molecule has 0 fully saturated rings. The maximum Gasteiger partial charge on any atom is 0.270 e. The number of hydrogen-bond acceptors (Lipinski definition) is 5. The number of aromatic nitrogens is 1. The number of benzene rings is 2. The van der Waals surface area contributed by atoms with Gasteiger partial charge in [0.1, 0.15) is 10.8 Å². The molecule has 0 unspecified atom stereocenters. The zero-order valence-electron chi connectivity index (χ0n) is 10.9. The highest BCUT2D eigenvalue weighted by Gasteiger charge is 2.15. The van der Waals surface area contributed by atoms with E-state index in [1.165, 1.54) is 23.5 Å². The average molecular weight is 321 g/mol. The maximum absolute atomic E-state index is 10.7. The number of rotatable bonds is 3. The standard InChI is InChI=1S/C14H9ClN2O3S/c1-20-12-4-2-3-11-13(12)21-14(16-11)9-6-5-8(17(18)19)7-10(9)15/h2-7H,1H3. The van der Waals surface area contributed by atoms with E-state index in [1.54, 1.807) is 13.2 Å². The minimum atomic E-state index is -0.475. The molecule has 0 atom stereocenters. The van der Waals surface area contributed by atoms with E-state index >= 15 is 0 Å². The minimum absolute atomic E-state index is 0.0394. The Morgan fingerprint density at radius 2 is 2.14 bits per heavy atom. The third kappa shape index (κ3) is 2.43. The van der Waals surface area contributed by atoms with Crippen LogP contribution in [-0.4, -0.2) is 17.0 Å².